The quantitative estimate of drug-likeness (QED) is 0.251. The van der Waals surface area contributed by atoms with Gasteiger partial charge in [-0.15, -0.1) is 0 Å². The van der Waals surface area contributed by atoms with Gasteiger partial charge in [0.25, 0.3) is 0 Å². The van der Waals surface area contributed by atoms with Crippen LogP contribution in [0.25, 0.3) is 10.9 Å². The number of imide groups is 1. The fourth-order valence-electron chi connectivity index (χ4n) is 8.30. The van der Waals surface area contributed by atoms with Crippen LogP contribution in [0.1, 0.15) is 50.0 Å². The largest absolute Gasteiger partial charge is 0.371 e. The molecule has 6 heterocycles. The van der Waals surface area contributed by atoms with Gasteiger partial charge in [-0.3, -0.25) is 19.7 Å². The van der Waals surface area contributed by atoms with Gasteiger partial charge in [0, 0.05) is 69.9 Å². The van der Waals surface area contributed by atoms with Gasteiger partial charge >= 0.3 is 6.03 Å². The summed E-state index contributed by atoms with van der Waals surface area (Å²) in [5.74, 6) is 1.81. The molecule has 53 heavy (non-hydrogen) atoms. The lowest BCUT2D eigenvalue weighted by Gasteiger charge is -2.34. The average Bonchev–Trinajstić information content (AvgIpc) is 3.77. The van der Waals surface area contributed by atoms with E-state index in [4.69, 9.17) is 11.6 Å². The standard InChI is InChI=1S/C37H45ClN10O4S/c1-44-33-19-27(5-6-32(33)35(43-44)48-18-12-34(49)42-37(48)50)26-8-13-45(14-9-26)23-25-7-15-46(24-25)30-3-2-4-31(20-30)53(51,52)47-16-10-29(11-17-47)41-36-39-21-28(38)22-40-36/h2-6,19-22,25-26,29H,7-18,23-24H2,1H3,(H,39,40,41)(H,42,49,50)/t25-/m0/s1. The van der Waals surface area contributed by atoms with E-state index in [0.29, 0.717) is 66.0 Å². The number of hydrogen-bond donors (Lipinski definition) is 2. The van der Waals surface area contributed by atoms with E-state index in [0.717, 1.165) is 68.6 Å². The maximum absolute atomic E-state index is 13.7. The number of aryl methyl sites for hydroxylation is 1. The molecule has 0 spiro atoms. The molecule has 1 atom stereocenters. The van der Waals surface area contributed by atoms with Crippen LogP contribution >= 0.6 is 11.6 Å². The van der Waals surface area contributed by atoms with Crippen molar-refractivity contribution in [1.82, 2.24) is 34.3 Å². The summed E-state index contributed by atoms with van der Waals surface area (Å²) >= 11 is 5.89. The van der Waals surface area contributed by atoms with Gasteiger partial charge in [0.1, 0.15) is 0 Å². The number of carbonyl (C=O) groups excluding carboxylic acids is 2. The van der Waals surface area contributed by atoms with E-state index < -0.39 is 16.1 Å². The molecule has 14 nitrogen and oxygen atoms in total. The Balaban J connectivity index is 0.830. The van der Waals surface area contributed by atoms with Crippen molar-refractivity contribution in [1.29, 1.82) is 0 Å². The molecule has 280 valence electrons. The second kappa shape index (κ2) is 14.8. The number of urea groups is 1. The van der Waals surface area contributed by atoms with E-state index >= 15 is 0 Å². The van der Waals surface area contributed by atoms with Gasteiger partial charge in [-0.1, -0.05) is 23.7 Å². The summed E-state index contributed by atoms with van der Waals surface area (Å²) in [5.41, 5.74) is 3.24. The fourth-order valence-corrected chi connectivity index (χ4v) is 9.91. The molecule has 2 aromatic heterocycles. The third-order valence-electron chi connectivity index (χ3n) is 11.3. The van der Waals surface area contributed by atoms with Gasteiger partial charge in [-0.05, 0) is 92.9 Å². The molecule has 3 amide bonds. The minimum Gasteiger partial charge on any atom is -0.371 e. The molecule has 4 aromatic rings. The highest BCUT2D eigenvalue weighted by molar-refractivity contribution is 7.89. The molecule has 4 saturated heterocycles. The number of nitrogens with zero attached hydrogens (tertiary/aromatic N) is 8. The van der Waals surface area contributed by atoms with E-state index in [1.54, 1.807) is 27.7 Å². The van der Waals surface area contributed by atoms with Gasteiger partial charge in [0.2, 0.25) is 21.9 Å². The van der Waals surface area contributed by atoms with Crippen LogP contribution in [0.4, 0.5) is 22.2 Å². The zero-order valence-electron chi connectivity index (χ0n) is 29.8. The topological polar surface area (TPSA) is 149 Å². The molecule has 0 bridgehead atoms. The molecule has 8 rings (SSSR count). The summed E-state index contributed by atoms with van der Waals surface area (Å²) in [5, 5.41) is 11.7. The lowest BCUT2D eigenvalue weighted by Crippen LogP contribution is -2.49. The van der Waals surface area contributed by atoms with Gasteiger partial charge in [0.15, 0.2) is 5.82 Å². The summed E-state index contributed by atoms with van der Waals surface area (Å²) in [6.07, 6.45) is 7.92. The zero-order chi connectivity index (χ0) is 36.7. The van der Waals surface area contributed by atoms with Crippen LogP contribution in [0.3, 0.4) is 0 Å². The van der Waals surface area contributed by atoms with Crippen LogP contribution in [0, 0.1) is 5.92 Å². The first-order chi connectivity index (χ1) is 25.6. The number of benzene rings is 2. The highest BCUT2D eigenvalue weighted by Gasteiger charge is 2.33. The number of hydrogen-bond acceptors (Lipinski definition) is 10. The van der Waals surface area contributed by atoms with Crippen LogP contribution < -0.4 is 20.4 Å². The normalized spacial score (nSPS) is 21.4. The molecule has 2 aromatic carbocycles. The molecule has 4 aliphatic heterocycles. The summed E-state index contributed by atoms with van der Waals surface area (Å²) in [6.45, 7) is 6.12. The van der Waals surface area contributed by atoms with Gasteiger partial charge in [0.05, 0.1) is 27.8 Å². The minimum atomic E-state index is -3.62. The average molecular weight is 761 g/mol. The van der Waals surface area contributed by atoms with Crippen molar-refractivity contribution in [2.24, 2.45) is 13.0 Å². The lowest BCUT2D eigenvalue weighted by atomic mass is 9.88. The van der Waals surface area contributed by atoms with Crippen molar-refractivity contribution in [3.8, 4) is 0 Å². The first-order valence-corrected chi connectivity index (χ1v) is 20.3. The number of sulfonamides is 1. The Morgan fingerprint density at radius 2 is 1.70 bits per heavy atom. The molecule has 0 saturated carbocycles. The number of rotatable bonds is 9. The molecule has 0 aliphatic carbocycles. The molecule has 4 fully saturated rings. The van der Waals surface area contributed by atoms with Crippen LogP contribution in [0.2, 0.25) is 5.02 Å². The van der Waals surface area contributed by atoms with Gasteiger partial charge in [-0.2, -0.15) is 9.40 Å². The highest BCUT2D eigenvalue weighted by atomic mass is 35.5. The van der Waals surface area contributed by atoms with Crippen molar-refractivity contribution >= 4 is 61.9 Å². The predicted molar refractivity (Wildman–Crippen MR) is 204 cm³/mol. The number of carbonyl (C=O) groups is 2. The lowest BCUT2D eigenvalue weighted by molar-refractivity contribution is -0.120. The molecular weight excluding hydrogens is 716 g/mol. The third kappa shape index (κ3) is 7.57. The van der Waals surface area contributed by atoms with E-state index in [1.807, 2.05) is 29.9 Å². The van der Waals surface area contributed by atoms with E-state index in [2.05, 4.69) is 53.7 Å². The van der Waals surface area contributed by atoms with Crippen molar-refractivity contribution in [2.75, 3.05) is 67.5 Å². The Hall–Kier alpha value is -4.31. The fraction of sp³-hybridized carbons (Fsp3) is 0.486. The van der Waals surface area contributed by atoms with E-state index in [-0.39, 0.29) is 18.4 Å². The number of fused-ring (bicyclic) bond motifs is 1. The SMILES string of the molecule is Cn1nc(N2CCC(=O)NC2=O)c2ccc(C3CCN(C[C@@H]4CCN(c5cccc(S(=O)(=O)N6CCC(Nc7ncc(Cl)cn7)CC6)c5)C4)CC3)cc21. The van der Waals surface area contributed by atoms with Crippen LogP contribution in [-0.2, 0) is 21.9 Å². The second-order valence-corrected chi connectivity index (χ2v) is 17.1. The predicted octanol–water partition coefficient (Wildman–Crippen LogP) is 4.43. The van der Waals surface area contributed by atoms with E-state index in [9.17, 15) is 18.0 Å². The Morgan fingerprint density at radius 1 is 0.925 bits per heavy atom. The Kier molecular flexibility index (Phi) is 10.00. The molecule has 2 N–H and O–H groups in total. The molecule has 0 radical (unpaired) electrons. The number of piperidine rings is 2. The first kappa shape index (κ1) is 35.7. The van der Waals surface area contributed by atoms with Crippen molar-refractivity contribution in [3.05, 3.63) is 65.4 Å². The van der Waals surface area contributed by atoms with Crippen molar-refractivity contribution in [3.63, 3.8) is 0 Å². The third-order valence-corrected chi connectivity index (χ3v) is 13.3. The second-order valence-electron chi connectivity index (χ2n) is 14.7. The zero-order valence-corrected chi connectivity index (χ0v) is 31.4. The summed E-state index contributed by atoms with van der Waals surface area (Å²) in [7, 11) is -1.72. The first-order valence-electron chi connectivity index (χ1n) is 18.5. The molecule has 0 unspecified atom stereocenters. The number of nitrogens with one attached hydrogen (secondary N) is 2. The molecular formula is C37H45ClN10O4S. The number of halogens is 1. The maximum Gasteiger partial charge on any atom is 0.329 e. The molecule has 4 aliphatic rings. The minimum absolute atomic E-state index is 0.0953. The molecule has 16 heteroatoms. The number of aromatic nitrogens is 4. The van der Waals surface area contributed by atoms with Crippen LogP contribution in [0.5, 0.6) is 0 Å². The number of likely N-dealkylation sites (tertiary alicyclic amines) is 1. The van der Waals surface area contributed by atoms with Crippen LogP contribution in [0.15, 0.2) is 59.8 Å². The summed E-state index contributed by atoms with van der Waals surface area (Å²) in [4.78, 5) is 39.4. The van der Waals surface area contributed by atoms with Gasteiger partial charge < -0.3 is 15.1 Å². The summed E-state index contributed by atoms with van der Waals surface area (Å²) in [6, 6.07) is 13.6. The number of amides is 3. The Bertz CT molecular complexity index is 2100. The smallest absolute Gasteiger partial charge is 0.329 e. The highest BCUT2D eigenvalue weighted by Crippen LogP contribution is 2.35. The number of anilines is 3. The van der Waals surface area contributed by atoms with Crippen molar-refractivity contribution in [2.45, 2.75) is 55.4 Å². The van der Waals surface area contributed by atoms with E-state index in [1.165, 1.54) is 5.56 Å². The van der Waals surface area contributed by atoms with Gasteiger partial charge in [-0.25, -0.2) is 23.2 Å². The Morgan fingerprint density at radius 3 is 2.45 bits per heavy atom. The Labute approximate surface area is 314 Å². The summed E-state index contributed by atoms with van der Waals surface area (Å²) < 4.78 is 30.8. The monoisotopic (exact) mass is 760 g/mol. The van der Waals surface area contributed by atoms with Crippen molar-refractivity contribution < 1.29 is 18.0 Å². The van der Waals surface area contributed by atoms with Crippen LogP contribution in [-0.4, -0.2) is 108 Å². The maximum atomic E-state index is 13.7.